The monoisotopic (exact) mass is 424 g/mol. The Kier molecular flexibility index (Phi) is 9.20. The van der Waals surface area contributed by atoms with Crippen LogP contribution < -0.4 is 10.6 Å². The largest absolute Gasteiger partial charge is 0.444 e. The first kappa shape index (κ1) is 24.2. The molecule has 2 aliphatic heterocycles. The number of carbonyl (C=O) groups excluding carboxylic acids is 2. The van der Waals surface area contributed by atoms with Crippen LogP contribution in [0.5, 0.6) is 0 Å². The smallest absolute Gasteiger partial charge is 0.410 e. The number of aliphatic imine (C=N–C) groups is 1. The van der Waals surface area contributed by atoms with Gasteiger partial charge in [-0.2, -0.15) is 0 Å². The quantitative estimate of drug-likeness (QED) is 0.490. The highest BCUT2D eigenvalue weighted by Crippen LogP contribution is 2.12. The van der Waals surface area contributed by atoms with Gasteiger partial charge in [0.05, 0.1) is 6.54 Å². The summed E-state index contributed by atoms with van der Waals surface area (Å²) in [5, 5.41) is 6.76. The molecule has 0 spiro atoms. The molecule has 0 aliphatic carbocycles. The fourth-order valence-corrected chi connectivity index (χ4v) is 3.63. The number of piperazine rings is 1. The van der Waals surface area contributed by atoms with E-state index < -0.39 is 5.60 Å². The van der Waals surface area contributed by atoms with Crippen molar-refractivity contribution >= 4 is 18.0 Å². The van der Waals surface area contributed by atoms with Crippen molar-refractivity contribution in [3.63, 3.8) is 0 Å². The third kappa shape index (κ3) is 8.01. The van der Waals surface area contributed by atoms with Gasteiger partial charge in [-0.05, 0) is 34.1 Å². The van der Waals surface area contributed by atoms with Crippen LogP contribution in [0, 0.1) is 0 Å². The lowest BCUT2D eigenvalue weighted by atomic mass is 10.2. The van der Waals surface area contributed by atoms with Crippen LogP contribution >= 0.6 is 0 Å². The summed E-state index contributed by atoms with van der Waals surface area (Å²) in [6.45, 7) is 16.5. The van der Waals surface area contributed by atoms with Crippen LogP contribution in [0.3, 0.4) is 0 Å². The van der Waals surface area contributed by atoms with Crippen molar-refractivity contribution in [2.45, 2.75) is 59.1 Å². The Labute approximate surface area is 181 Å². The molecule has 0 saturated carbocycles. The maximum atomic E-state index is 12.2. The van der Waals surface area contributed by atoms with Crippen molar-refractivity contribution in [3.8, 4) is 0 Å². The summed E-state index contributed by atoms with van der Waals surface area (Å²) in [6.07, 6.45) is 1.27. The van der Waals surface area contributed by atoms with Crippen LogP contribution in [0.2, 0.25) is 0 Å². The number of nitrogens with zero attached hydrogens (tertiary/aromatic N) is 4. The second kappa shape index (κ2) is 11.4. The molecule has 172 valence electrons. The van der Waals surface area contributed by atoms with E-state index in [-0.39, 0.29) is 18.0 Å². The molecule has 2 amide bonds. The van der Waals surface area contributed by atoms with E-state index in [4.69, 9.17) is 9.73 Å². The van der Waals surface area contributed by atoms with Crippen LogP contribution in [0.1, 0.15) is 47.5 Å². The summed E-state index contributed by atoms with van der Waals surface area (Å²) in [4.78, 5) is 34.8. The molecular formula is C21H40N6O3. The van der Waals surface area contributed by atoms with Gasteiger partial charge in [0.1, 0.15) is 5.60 Å². The van der Waals surface area contributed by atoms with E-state index in [0.717, 1.165) is 51.6 Å². The van der Waals surface area contributed by atoms with Gasteiger partial charge in [-0.1, -0.05) is 6.92 Å². The fraction of sp³-hybridized carbons (Fsp3) is 0.857. The van der Waals surface area contributed by atoms with Crippen molar-refractivity contribution < 1.29 is 14.3 Å². The minimum Gasteiger partial charge on any atom is -0.444 e. The van der Waals surface area contributed by atoms with Gasteiger partial charge in [0.25, 0.3) is 0 Å². The third-order valence-corrected chi connectivity index (χ3v) is 5.24. The van der Waals surface area contributed by atoms with E-state index in [1.165, 1.54) is 0 Å². The normalized spacial score (nSPS) is 21.0. The molecule has 2 fully saturated rings. The molecule has 2 rings (SSSR count). The lowest BCUT2D eigenvalue weighted by Gasteiger charge is -2.35. The first-order valence-electron chi connectivity index (χ1n) is 11.2. The molecule has 2 aliphatic rings. The molecule has 30 heavy (non-hydrogen) atoms. The minimum absolute atomic E-state index is 0.215. The molecule has 0 radical (unpaired) electrons. The topological polar surface area (TPSA) is 89.5 Å². The summed E-state index contributed by atoms with van der Waals surface area (Å²) in [7, 11) is 0. The molecule has 1 unspecified atom stereocenters. The zero-order valence-corrected chi connectivity index (χ0v) is 19.4. The van der Waals surface area contributed by atoms with Gasteiger partial charge in [0.15, 0.2) is 5.96 Å². The summed E-state index contributed by atoms with van der Waals surface area (Å²) in [5.74, 6) is 1.02. The highest BCUT2D eigenvalue weighted by Gasteiger charge is 2.27. The molecule has 0 bridgehead atoms. The molecule has 0 aromatic carbocycles. The number of carbonyl (C=O) groups is 2. The number of hydrogen-bond donors (Lipinski definition) is 2. The molecule has 0 aromatic rings. The summed E-state index contributed by atoms with van der Waals surface area (Å²) >= 11 is 0. The summed E-state index contributed by atoms with van der Waals surface area (Å²) in [6, 6.07) is 0.246. The van der Waals surface area contributed by atoms with Gasteiger partial charge in [0, 0.05) is 64.8 Å². The molecule has 2 saturated heterocycles. The van der Waals surface area contributed by atoms with Gasteiger partial charge in [0.2, 0.25) is 5.91 Å². The molecule has 2 N–H and O–H groups in total. The van der Waals surface area contributed by atoms with Crippen LogP contribution in [0.4, 0.5) is 4.79 Å². The second-order valence-corrected chi connectivity index (χ2v) is 8.89. The van der Waals surface area contributed by atoms with E-state index in [0.29, 0.717) is 26.1 Å². The standard InChI is InChI=1S/C21H40N6O3/c1-6-18(28)27-10-8-17(16-27)24-19(22-7-2)23-9-11-25-12-14-26(15-13-25)20(29)30-21(3,4)5/h17H,6-16H2,1-5H3,(H2,22,23,24). The Morgan fingerprint density at radius 1 is 1.07 bits per heavy atom. The van der Waals surface area contributed by atoms with E-state index >= 15 is 0 Å². The van der Waals surface area contributed by atoms with Crippen LogP contribution in [0.25, 0.3) is 0 Å². The Bertz CT molecular complexity index is 596. The zero-order valence-electron chi connectivity index (χ0n) is 19.4. The summed E-state index contributed by atoms with van der Waals surface area (Å²) in [5.41, 5.74) is -0.460. The summed E-state index contributed by atoms with van der Waals surface area (Å²) < 4.78 is 5.45. The number of hydrogen-bond acceptors (Lipinski definition) is 5. The van der Waals surface area contributed by atoms with Crippen LogP contribution in [-0.2, 0) is 9.53 Å². The first-order chi connectivity index (χ1) is 14.2. The molecule has 9 heteroatoms. The highest BCUT2D eigenvalue weighted by molar-refractivity contribution is 5.80. The number of rotatable bonds is 6. The highest BCUT2D eigenvalue weighted by atomic mass is 16.6. The molecule has 9 nitrogen and oxygen atoms in total. The maximum absolute atomic E-state index is 12.2. The fourth-order valence-electron chi connectivity index (χ4n) is 3.63. The Morgan fingerprint density at radius 2 is 1.77 bits per heavy atom. The second-order valence-electron chi connectivity index (χ2n) is 8.89. The van der Waals surface area contributed by atoms with Gasteiger partial charge >= 0.3 is 6.09 Å². The first-order valence-corrected chi connectivity index (χ1v) is 11.2. The zero-order chi connectivity index (χ0) is 22.1. The Hall–Kier alpha value is -2.03. The minimum atomic E-state index is -0.460. The predicted molar refractivity (Wildman–Crippen MR) is 119 cm³/mol. The lowest BCUT2D eigenvalue weighted by Crippen LogP contribution is -2.50. The number of amides is 2. The SMILES string of the molecule is CCNC(=NCCN1CCN(C(=O)OC(C)(C)C)CC1)NC1CCN(C(=O)CC)C1. The predicted octanol–water partition coefficient (Wildman–Crippen LogP) is 1.11. The van der Waals surface area contributed by atoms with Crippen molar-refractivity contribution in [2.24, 2.45) is 4.99 Å². The molecule has 1 atom stereocenters. The Balaban J connectivity index is 1.73. The lowest BCUT2D eigenvalue weighted by molar-refractivity contribution is -0.129. The van der Waals surface area contributed by atoms with Gasteiger partial charge in [-0.3, -0.25) is 14.7 Å². The Morgan fingerprint density at radius 3 is 2.37 bits per heavy atom. The molecule has 2 heterocycles. The maximum Gasteiger partial charge on any atom is 0.410 e. The average molecular weight is 425 g/mol. The average Bonchev–Trinajstić information content (AvgIpc) is 3.15. The van der Waals surface area contributed by atoms with Gasteiger partial charge in [-0.25, -0.2) is 4.79 Å². The molecular weight excluding hydrogens is 384 g/mol. The van der Waals surface area contributed by atoms with E-state index in [9.17, 15) is 9.59 Å². The van der Waals surface area contributed by atoms with Crippen molar-refractivity contribution in [1.29, 1.82) is 0 Å². The number of likely N-dealkylation sites (tertiary alicyclic amines) is 1. The van der Waals surface area contributed by atoms with E-state index in [2.05, 4.69) is 22.5 Å². The van der Waals surface area contributed by atoms with Crippen molar-refractivity contribution in [1.82, 2.24) is 25.3 Å². The van der Waals surface area contributed by atoms with E-state index in [1.807, 2.05) is 32.6 Å². The number of nitrogens with one attached hydrogen (secondary N) is 2. The van der Waals surface area contributed by atoms with Gasteiger partial charge < -0.3 is 25.2 Å². The van der Waals surface area contributed by atoms with E-state index in [1.54, 1.807) is 4.90 Å². The van der Waals surface area contributed by atoms with Gasteiger partial charge in [-0.15, -0.1) is 0 Å². The third-order valence-electron chi connectivity index (χ3n) is 5.24. The number of guanidine groups is 1. The number of ether oxygens (including phenoxy) is 1. The van der Waals surface area contributed by atoms with Crippen LogP contribution in [-0.4, -0.2) is 103 Å². The van der Waals surface area contributed by atoms with Crippen molar-refractivity contribution in [2.75, 3.05) is 58.9 Å². The van der Waals surface area contributed by atoms with Crippen molar-refractivity contribution in [3.05, 3.63) is 0 Å². The van der Waals surface area contributed by atoms with Crippen LogP contribution in [0.15, 0.2) is 4.99 Å². The molecule has 0 aromatic heterocycles.